The Kier molecular flexibility index (Phi) is 4.62. The fraction of sp³-hybridized carbons (Fsp3) is 0.375. The van der Waals surface area contributed by atoms with E-state index in [1.807, 2.05) is 39.4 Å². The van der Waals surface area contributed by atoms with E-state index in [4.69, 9.17) is 9.97 Å². The van der Waals surface area contributed by atoms with Crippen molar-refractivity contribution in [3.63, 3.8) is 0 Å². The van der Waals surface area contributed by atoms with Crippen LogP contribution in [-0.2, 0) is 6.42 Å². The lowest BCUT2D eigenvalue weighted by atomic mass is 10.1. The zero-order chi connectivity index (χ0) is 15.4. The second-order valence-electron chi connectivity index (χ2n) is 4.71. The highest BCUT2D eigenvalue weighted by Crippen LogP contribution is 2.26. The summed E-state index contributed by atoms with van der Waals surface area (Å²) in [6.07, 6.45) is 6.51. The standard InChI is InChI=1S/C16H21N5/c1-6-11(8-17-4)12-9-19-16(18-5)15-14(12)20-10(3)13(7-2)21-15/h6,8-9H,7H2,1-5H3,(H,18,19)/b11-6+,17-8?. The highest BCUT2D eigenvalue weighted by Gasteiger charge is 2.14. The monoisotopic (exact) mass is 283 g/mol. The summed E-state index contributed by atoms with van der Waals surface area (Å²) in [6, 6.07) is 0. The predicted octanol–water partition coefficient (Wildman–Crippen LogP) is 3.04. The third-order valence-corrected chi connectivity index (χ3v) is 3.43. The van der Waals surface area contributed by atoms with Crippen LogP contribution < -0.4 is 5.32 Å². The number of fused-ring (bicyclic) bond motifs is 1. The van der Waals surface area contributed by atoms with E-state index in [9.17, 15) is 0 Å². The first-order valence-corrected chi connectivity index (χ1v) is 7.09. The molecule has 0 aromatic carbocycles. The molecule has 0 amide bonds. The minimum Gasteiger partial charge on any atom is -0.371 e. The Hall–Kier alpha value is -2.30. The summed E-state index contributed by atoms with van der Waals surface area (Å²) in [6.45, 7) is 6.06. The molecule has 0 radical (unpaired) electrons. The molecule has 2 rings (SSSR count). The van der Waals surface area contributed by atoms with Gasteiger partial charge >= 0.3 is 0 Å². The van der Waals surface area contributed by atoms with Gasteiger partial charge in [-0.3, -0.25) is 4.99 Å². The number of nitrogens with zero attached hydrogens (tertiary/aromatic N) is 4. The molecule has 0 bridgehead atoms. The van der Waals surface area contributed by atoms with Crippen molar-refractivity contribution in [3.05, 3.63) is 29.2 Å². The van der Waals surface area contributed by atoms with Gasteiger partial charge in [-0.15, -0.1) is 0 Å². The molecule has 2 heterocycles. The van der Waals surface area contributed by atoms with Crippen molar-refractivity contribution in [3.8, 4) is 0 Å². The Morgan fingerprint density at radius 1 is 1.33 bits per heavy atom. The number of hydrogen-bond acceptors (Lipinski definition) is 5. The van der Waals surface area contributed by atoms with Crippen LogP contribution in [0.4, 0.5) is 5.82 Å². The van der Waals surface area contributed by atoms with Crippen molar-refractivity contribution in [2.24, 2.45) is 4.99 Å². The Balaban J connectivity index is 2.83. The van der Waals surface area contributed by atoms with Crippen LogP contribution in [0.2, 0.25) is 0 Å². The molecule has 21 heavy (non-hydrogen) atoms. The molecule has 2 aromatic heterocycles. The third kappa shape index (κ3) is 2.77. The molecular weight excluding hydrogens is 262 g/mol. The molecule has 0 unspecified atom stereocenters. The molecule has 2 aromatic rings. The predicted molar refractivity (Wildman–Crippen MR) is 89.1 cm³/mol. The number of aryl methyl sites for hydroxylation is 2. The van der Waals surface area contributed by atoms with Gasteiger partial charge < -0.3 is 5.32 Å². The van der Waals surface area contributed by atoms with E-state index < -0.39 is 0 Å². The first-order valence-electron chi connectivity index (χ1n) is 7.09. The Morgan fingerprint density at radius 3 is 2.67 bits per heavy atom. The average Bonchev–Trinajstić information content (AvgIpc) is 2.51. The summed E-state index contributed by atoms with van der Waals surface area (Å²) in [7, 11) is 3.60. The van der Waals surface area contributed by atoms with E-state index in [0.29, 0.717) is 0 Å². The maximum atomic E-state index is 4.76. The van der Waals surface area contributed by atoms with Crippen LogP contribution in [0.3, 0.4) is 0 Å². The van der Waals surface area contributed by atoms with Gasteiger partial charge in [-0.1, -0.05) is 13.0 Å². The van der Waals surface area contributed by atoms with Gasteiger partial charge in [0.25, 0.3) is 0 Å². The number of allylic oxidation sites excluding steroid dienone is 2. The number of aliphatic imine (C=N–C) groups is 1. The van der Waals surface area contributed by atoms with Gasteiger partial charge in [0.1, 0.15) is 11.0 Å². The molecule has 1 N–H and O–H groups in total. The Labute approximate surface area is 125 Å². The molecule has 0 saturated carbocycles. The number of pyridine rings is 1. The second-order valence-corrected chi connectivity index (χ2v) is 4.71. The van der Waals surface area contributed by atoms with E-state index in [1.165, 1.54) is 0 Å². The van der Waals surface area contributed by atoms with E-state index in [2.05, 4.69) is 22.2 Å². The van der Waals surface area contributed by atoms with Crippen LogP contribution in [0, 0.1) is 6.92 Å². The van der Waals surface area contributed by atoms with Crippen LogP contribution in [-0.4, -0.2) is 35.3 Å². The van der Waals surface area contributed by atoms with Crippen molar-refractivity contribution >= 4 is 28.6 Å². The van der Waals surface area contributed by atoms with Crippen molar-refractivity contribution in [1.29, 1.82) is 0 Å². The smallest absolute Gasteiger partial charge is 0.153 e. The maximum Gasteiger partial charge on any atom is 0.153 e. The molecule has 0 aliphatic rings. The molecular formula is C16H21N5. The highest BCUT2D eigenvalue weighted by molar-refractivity contribution is 6.14. The van der Waals surface area contributed by atoms with Crippen molar-refractivity contribution < 1.29 is 0 Å². The summed E-state index contributed by atoms with van der Waals surface area (Å²) in [5, 5.41) is 3.09. The molecule has 0 aliphatic carbocycles. The van der Waals surface area contributed by atoms with Gasteiger partial charge in [-0.25, -0.2) is 15.0 Å². The molecule has 0 spiro atoms. The van der Waals surface area contributed by atoms with Gasteiger partial charge in [0.05, 0.1) is 11.4 Å². The number of rotatable bonds is 4. The molecule has 110 valence electrons. The first-order chi connectivity index (χ1) is 10.2. The third-order valence-electron chi connectivity index (χ3n) is 3.43. The molecule has 0 aliphatic heterocycles. The SMILES string of the molecule is C/C=C(\C=NC)c1cnc(NC)c2nc(CC)c(C)nc12. The lowest BCUT2D eigenvalue weighted by Gasteiger charge is -2.12. The summed E-state index contributed by atoms with van der Waals surface area (Å²) in [5.74, 6) is 0.750. The van der Waals surface area contributed by atoms with Crippen LogP contribution in [0.25, 0.3) is 16.6 Å². The van der Waals surface area contributed by atoms with Crippen molar-refractivity contribution in [1.82, 2.24) is 15.0 Å². The maximum absolute atomic E-state index is 4.76. The van der Waals surface area contributed by atoms with Crippen LogP contribution in [0.5, 0.6) is 0 Å². The zero-order valence-corrected chi connectivity index (χ0v) is 13.2. The van der Waals surface area contributed by atoms with E-state index in [1.54, 1.807) is 7.05 Å². The van der Waals surface area contributed by atoms with Crippen LogP contribution in [0.15, 0.2) is 17.3 Å². The minimum absolute atomic E-state index is 0.750. The van der Waals surface area contributed by atoms with Crippen molar-refractivity contribution in [2.45, 2.75) is 27.2 Å². The summed E-state index contributed by atoms with van der Waals surface area (Å²) >= 11 is 0. The lowest BCUT2D eigenvalue weighted by molar-refractivity contribution is 0.986. The fourth-order valence-corrected chi connectivity index (χ4v) is 2.33. The number of nitrogens with one attached hydrogen (secondary N) is 1. The number of aromatic nitrogens is 3. The minimum atomic E-state index is 0.750. The van der Waals surface area contributed by atoms with Gasteiger partial charge in [0.2, 0.25) is 0 Å². The fourth-order valence-electron chi connectivity index (χ4n) is 2.33. The van der Waals surface area contributed by atoms with Gasteiger partial charge in [-0.05, 0) is 25.8 Å². The second kappa shape index (κ2) is 6.43. The normalized spacial score (nSPS) is 12.3. The summed E-state index contributed by atoms with van der Waals surface area (Å²) in [4.78, 5) is 18.1. The van der Waals surface area contributed by atoms with Crippen LogP contribution >= 0.6 is 0 Å². The van der Waals surface area contributed by atoms with E-state index >= 15 is 0 Å². The van der Waals surface area contributed by atoms with Crippen LogP contribution in [0.1, 0.15) is 30.8 Å². The van der Waals surface area contributed by atoms with Crippen molar-refractivity contribution in [2.75, 3.05) is 19.4 Å². The highest BCUT2D eigenvalue weighted by atomic mass is 15.0. The molecule has 0 fully saturated rings. The molecule has 0 saturated heterocycles. The largest absolute Gasteiger partial charge is 0.371 e. The quantitative estimate of drug-likeness (QED) is 0.876. The van der Waals surface area contributed by atoms with Gasteiger partial charge in [0.15, 0.2) is 5.82 Å². The van der Waals surface area contributed by atoms with Gasteiger partial charge in [0, 0.05) is 32.1 Å². The lowest BCUT2D eigenvalue weighted by Crippen LogP contribution is -2.04. The molecule has 0 atom stereocenters. The Bertz CT molecular complexity index is 716. The average molecular weight is 283 g/mol. The molecule has 5 heteroatoms. The zero-order valence-electron chi connectivity index (χ0n) is 13.2. The first kappa shape index (κ1) is 15.1. The summed E-state index contributed by atoms with van der Waals surface area (Å²) < 4.78 is 0. The molecule has 5 nitrogen and oxygen atoms in total. The topological polar surface area (TPSA) is 63.1 Å². The van der Waals surface area contributed by atoms with E-state index in [-0.39, 0.29) is 0 Å². The Morgan fingerprint density at radius 2 is 2.10 bits per heavy atom. The number of anilines is 1. The van der Waals surface area contributed by atoms with Gasteiger partial charge in [-0.2, -0.15) is 0 Å². The van der Waals surface area contributed by atoms with E-state index in [0.717, 1.165) is 45.8 Å². The number of hydrogen-bond donors (Lipinski definition) is 1. The summed E-state index contributed by atoms with van der Waals surface area (Å²) in [5.41, 5.74) is 5.58.